The van der Waals surface area contributed by atoms with Crippen LogP contribution >= 0.6 is 0 Å². The van der Waals surface area contributed by atoms with Crippen molar-refractivity contribution in [2.24, 2.45) is 5.92 Å². The van der Waals surface area contributed by atoms with Crippen molar-refractivity contribution in [3.8, 4) is 0 Å². The summed E-state index contributed by atoms with van der Waals surface area (Å²) in [5.74, 6) is 0.899. The first-order valence-electron chi connectivity index (χ1n) is 5.25. The lowest BCUT2D eigenvalue weighted by atomic mass is 9.95. The van der Waals surface area contributed by atoms with Gasteiger partial charge in [-0.15, -0.1) is 0 Å². The second kappa shape index (κ2) is 2.51. The molecule has 1 saturated heterocycles. The molecule has 1 heterocycles. The number of rotatable bonds is 1. The summed E-state index contributed by atoms with van der Waals surface area (Å²) in [6, 6.07) is 8.46. The van der Waals surface area contributed by atoms with Gasteiger partial charge >= 0.3 is 0 Å². The Kier molecular flexibility index (Phi) is 1.49. The maximum Gasteiger partial charge on any atom is 0.0314 e. The molecule has 2 nitrogen and oxygen atoms in total. The Morgan fingerprint density at radius 1 is 1.36 bits per heavy atom. The predicted octanol–water partition coefficient (Wildman–Crippen LogP) is 1.47. The fourth-order valence-corrected chi connectivity index (χ4v) is 3.00. The van der Waals surface area contributed by atoms with Gasteiger partial charge in [0.15, 0.2) is 0 Å². The van der Waals surface area contributed by atoms with E-state index in [9.17, 15) is 0 Å². The number of piperidine rings is 1. The van der Waals surface area contributed by atoms with Crippen molar-refractivity contribution < 1.29 is 0 Å². The standard InChI is InChI=1S/C12H16N2/c1-14-7-10-6-12(10,8-14)9-2-4-11(13)5-3-9/h2-5,10H,6-8,13H2,1H3. The van der Waals surface area contributed by atoms with E-state index in [0.29, 0.717) is 5.41 Å². The fraction of sp³-hybridized carbons (Fsp3) is 0.500. The second-order valence-corrected chi connectivity index (χ2v) is 4.88. The van der Waals surface area contributed by atoms with Gasteiger partial charge in [-0.05, 0) is 37.1 Å². The summed E-state index contributed by atoms with van der Waals surface area (Å²) in [6.45, 7) is 2.49. The van der Waals surface area contributed by atoms with E-state index in [0.717, 1.165) is 11.6 Å². The monoisotopic (exact) mass is 188 g/mol. The Balaban J connectivity index is 1.93. The van der Waals surface area contributed by atoms with Crippen LogP contribution in [0.15, 0.2) is 24.3 Å². The minimum absolute atomic E-state index is 0.489. The van der Waals surface area contributed by atoms with Crippen molar-refractivity contribution in [2.75, 3.05) is 25.9 Å². The molecule has 0 spiro atoms. The van der Waals surface area contributed by atoms with Crippen molar-refractivity contribution in [3.05, 3.63) is 29.8 Å². The lowest BCUT2D eigenvalue weighted by Gasteiger charge is -2.16. The first-order chi connectivity index (χ1) is 6.71. The summed E-state index contributed by atoms with van der Waals surface area (Å²) in [5.41, 5.74) is 8.54. The molecule has 0 radical (unpaired) electrons. The lowest BCUT2D eigenvalue weighted by molar-refractivity contribution is 0.363. The highest BCUT2D eigenvalue weighted by Gasteiger charge is 2.59. The molecule has 2 heteroatoms. The average molecular weight is 188 g/mol. The van der Waals surface area contributed by atoms with E-state index in [4.69, 9.17) is 5.73 Å². The molecule has 2 fully saturated rings. The Hall–Kier alpha value is -1.02. The summed E-state index contributed by atoms with van der Waals surface area (Å²) < 4.78 is 0. The molecule has 0 amide bonds. The third kappa shape index (κ3) is 1.01. The van der Waals surface area contributed by atoms with Crippen LogP contribution in [0.1, 0.15) is 12.0 Å². The predicted molar refractivity (Wildman–Crippen MR) is 58.1 cm³/mol. The number of fused-ring (bicyclic) bond motifs is 1. The molecule has 74 valence electrons. The Morgan fingerprint density at radius 3 is 2.64 bits per heavy atom. The third-order valence-electron chi connectivity index (χ3n) is 3.80. The first-order valence-corrected chi connectivity index (χ1v) is 5.25. The molecular weight excluding hydrogens is 172 g/mol. The van der Waals surface area contributed by atoms with Gasteiger partial charge in [0.05, 0.1) is 0 Å². The van der Waals surface area contributed by atoms with E-state index in [1.54, 1.807) is 0 Å². The van der Waals surface area contributed by atoms with Gasteiger partial charge in [-0.3, -0.25) is 0 Å². The van der Waals surface area contributed by atoms with Crippen LogP contribution in [0, 0.1) is 5.92 Å². The number of nitrogens with zero attached hydrogens (tertiary/aromatic N) is 1. The molecule has 0 bridgehead atoms. The number of nitrogen functional groups attached to an aromatic ring is 1. The highest BCUT2D eigenvalue weighted by atomic mass is 15.2. The van der Waals surface area contributed by atoms with Crippen LogP contribution < -0.4 is 5.73 Å². The maximum atomic E-state index is 5.70. The Bertz CT molecular complexity index is 357. The van der Waals surface area contributed by atoms with Crippen LogP contribution in [0.5, 0.6) is 0 Å². The molecule has 1 aromatic rings. The molecule has 1 aromatic carbocycles. The maximum absolute atomic E-state index is 5.70. The van der Waals surface area contributed by atoms with E-state index >= 15 is 0 Å². The summed E-state index contributed by atoms with van der Waals surface area (Å²) >= 11 is 0. The third-order valence-corrected chi connectivity index (χ3v) is 3.80. The molecule has 3 rings (SSSR count). The molecule has 1 saturated carbocycles. The summed E-state index contributed by atoms with van der Waals surface area (Å²) in [6.07, 6.45) is 1.38. The summed E-state index contributed by atoms with van der Waals surface area (Å²) in [5, 5.41) is 0. The quantitative estimate of drug-likeness (QED) is 0.676. The van der Waals surface area contributed by atoms with Gasteiger partial charge < -0.3 is 10.6 Å². The second-order valence-electron chi connectivity index (χ2n) is 4.88. The number of nitrogens with two attached hydrogens (primary N) is 1. The fourth-order valence-electron chi connectivity index (χ4n) is 3.00. The molecule has 1 aliphatic heterocycles. The van der Waals surface area contributed by atoms with Crippen molar-refractivity contribution in [1.82, 2.24) is 4.90 Å². The van der Waals surface area contributed by atoms with Crippen LogP contribution in [-0.2, 0) is 5.41 Å². The normalized spacial score (nSPS) is 35.6. The van der Waals surface area contributed by atoms with E-state index in [1.165, 1.54) is 25.1 Å². The van der Waals surface area contributed by atoms with Crippen molar-refractivity contribution in [3.63, 3.8) is 0 Å². The van der Waals surface area contributed by atoms with Crippen LogP contribution in [-0.4, -0.2) is 25.0 Å². The van der Waals surface area contributed by atoms with Gasteiger partial charge in [0, 0.05) is 24.2 Å². The van der Waals surface area contributed by atoms with Gasteiger partial charge in [-0.25, -0.2) is 0 Å². The minimum Gasteiger partial charge on any atom is -0.399 e. The zero-order chi connectivity index (χ0) is 9.76. The number of anilines is 1. The number of hydrogen-bond acceptors (Lipinski definition) is 2. The van der Waals surface area contributed by atoms with Gasteiger partial charge in [-0.1, -0.05) is 12.1 Å². The molecular formula is C12H16N2. The van der Waals surface area contributed by atoms with Gasteiger partial charge in [0.1, 0.15) is 0 Å². The van der Waals surface area contributed by atoms with E-state index in [-0.39, 0.29) is 0 Å². The van der Waals surface area contributed by atoms with Gasteiger partial charge in [0.2, 0.25) is 0 Å². The first kappa shape index (κ1) is 8.30. The number of benzene rings is 1. The molecule has 14 heavy (non-hydrogen) atoms. The smallest absolute Gasteiger partial charge is 0.0314 e. The molecule has 2 unspecified atom stereocenters. The highest BCUT2D eigenvalue weighted by molar-refractivity contribution is 5.45. The average Bonchev–Trinajstić information content (AvgIpc) is 2.71. The van der Waals surface area contributed by atoms with E-state index < -0.39 is 0 Å². The topological polar surface area (TPSA) is 29.3 Å². The number of likely N-dealkylation sites (N-methyl/N-ethyl adjacent to an activating group) is 1. The van der Waals surface area contributed by atoms with Crippen molar-refractivity contribution >= 4 is 5.69 Å². The van der Waals surface area contributed by atoms with Crippen molar-refractivity contribution in [1.29, 1.82) is 0 Å². The largest absolute Gasteiger partial charge is 0.399 e. The number of likely N-dealkylation sites (tertiary alicyclic amines) is 1. The SMILES string of the molecule is CN1CC2CC2(c2ccc(N)cc2)C1. The molecule has 2 aliphatic rings. The molecule has 2 atom stereocenters. The molecule has 1 aliphatic carbocycles. The van der Waals surface area contributed by atoms with Crippen LogP contribution in [0.2, 0.25) is 0 Å². The van der Waals surface area contributed by atoms with Gasteiger partial charge in [0.25, 0.3) is 0 Å². The Labute approximate surface area is 84.7 Å². The zero-order valence-corrected chi connectivity index (χ0v) is 8.53. The van der Waals surface area contributed by atoms with Crippen LogP contribution in [0.3, 0.4) is 0 Å². The summed E-state index contributed by atoms with van der Waals surface area (Å²) in [7, 11) is 2.21. The Morgan fingerprint density at radius 2 is 2.07 bits per heavy atom. The van der Waals surface area contributed by atoms with E-state index in [1.807, 2.05) is 12.1 Å². The lowest BCUT2D eigenvalue weighted by Crippen LogP contribution is -2.22. The number of hydrogen-bond donors (Lipinski definition) is 1. The molecule has 2 N–H and O–H groups in total. The van der Waals surface area contributed by atoms with Gasteiger partial charge in [-0.2, -0.15) is 0 Å². The van der Waals surface area contributed by atoms with Crippen LogP contribution in [0.4, 0.5) is 5.69 Å². The summed E-state index contributed by atoms with van der Waals surface area (Å²) in [4.78, 5) is 2.44. The van der Waals surface area contributed by atoms with Crippen molar-refractivity contribution in [2.45, 2.75) is 11.8 Å². The molecule has 0 aromatic heterocycles. The van der Waals surface area contributed by atoms with Crippen LogP contribution in [0.25, 0.3) is 0 Å². The van der Waals surface area contributed by atoms with E-state index in [2.05, 4.69) is 24.1 Å². The highest BCUT2D eigenvalue weighted by Crippen LogP contribution is 2.58. The zero-order valence-electron chi connectivity index (χ0n) is 8.53. The minimum atomic E-state index is 0.489.